The van der Waals surface area contributed by atoms with Crippen LogP contribution < -0.4 is 5.32 Å². The van der Waals surface area contributed by atoms with Gasteiger partial charge >= 0.3 is 0 Å². The van der Waals surface area contributed by atoms with E-state index in [2.05, 4.69) is 20.6 Å². The van der Waals surface area contributed by atoms with Crippen LogP contribution in [-0.4, -0.2) is 25.9 Å². The van der Waals surface area contributed by atoms with Crippen LogP contribution in [0.2, 0.25) is 0 Å². The third kappa shape index (κ3) is 2.28. The number of aromatic nitrogens is 4. The minimum atomic E-state index is -0.340. The number of nitrogens with zero attached hydrogens (tertiary/aromatic N) is 3. The molecule has 6 nitrogen and oxygen atoms in total. The molecule has 2 aromatic carbocycles. The lowest BCUT2D eigenvalue weighted by Crippen LogP contribution is -2.24. The Labute approximate surface area is 147 Å². The molecular weight excluding hydrogens is 333 g/mol. The lowest BCUT2D eigenvalue weighted by atomic mass is 9.83. The first kappa shape index (κ1) is 14.8. The smallest absolute Gasteiger partial charge is 0.225 e. The van der Waals surface area contributed by atoms with Gasteiger partial charge in [0.25, 0.3) is 0 Å². The molecule has 0 aliphatic carbocycles. The molecule has 1 aliphatic rings. The van der Waals surface area contributed by atoms with Crippen LogP contribution in [0.5, 0.6) is 0 Å². The van der Waals surface area contributed by atoms with Gasteiger partial charge in [0.05, 0.1) is 17.4 Å². The predicted octanol–water partition coefficient (Wildman–Crippen LogP) is 3.36. The van der Waals surface area contributed by atoms with E-state index < -0.39 is 0 Å². The molecule has 0 saturated heterocycles. The molecule has 0 spiro atoms. The number of halogens is 1. The van der Waals surface area contributed by atoms with Gasteiger partial charge in [-0.3, -0.25) is 9.89 Å². The molecule has 2 N–H and O–H groups in total. The fourth-order valence-corrected chi connectivity index (χ4v) is 3.60. The molecule has 1 amide bonds. The quantitative estimate of drug-likeness (QED) is 0.584. The molecule has 1 unspecified atom stereocenters. The van der Waals surface area contributed by atoms with Crippen molar-refractivity contribution in [2.75, 3.05) is 5.32 Å². The van der Waals surface area contributed by atoms with Crippen LogP contribution in [0, 0.1) is 5.82 Å². The lowest BCUT2D eigenvalue weighted by molar-refractivity contribution is -0.116. The van der Waals surface area contributed by atoms with E-state index in [0.29, 0.717) is 0 Å². The number of hydrogen-bond donors (Lipinski definition) is 2. The maximum absolute atomic E-state index is 14.1. The Hall–Kier alpha value is -3.48. The van der Waals surface area contributed by atoms with Gasteiger partial charge in [-0.1, -0.05) is 0 Å². The fraction of sp³-hybridized carbons (Fsp3) is 0.105. The molecule has 1 aliphatic heterocycles. The number of rotatable bonds is 2. The average molecular weight is 347 g/mol. The van der Waals surface area contributed by atoms with Crippen molar-refractivity contribution in [2.45, 2.75) is 12.3 Å². The van der Waals surface area contributed by atoms with E-state index in [9.17, 15) is 9.18 Å². The van der Waals surface area contributed by atoms with Crippen molar-refractivity contribution in [3.63, 3.8) is 0 Å². The van der Waals surface area contributed by atoms with Gasteiger partial charge in [-0.05, 0) is 47.5 Å². The summed E-state index contributed by atoms with van der Waals surface area (Å²) in [4.78, 5) is 12.3. The third-order valence-corrected chi connectivity index (χ3v) is 4.77. The highest BCUT2D eigenvalue weighted by molar-refractivity contribution is 5.98. The van der Waals surface area contributed by atoms with Crippen molar-refractivity contribution >= 4 is 22.5 Å². The van der Waals surface area contributed by atoms with E-state index >= 15 is 0 Å². The number of fused-ring (bicyclic) bond motifs is 2. The zero-order valence-electron chi connectivity index (χ0n) is 13.6. The van der Waals surface area contributed by atoms with Crippen LogP contribution in [0.25, 0.3) is 16.6 Å². The second kappa shape index (κ2) is 5.52. The Morgan fingerprint density at radius 3 is 2.96 bits per heavy atom. The van der Waals surface area contributed by atoms with Crippen LogP contribution in [0.15, 0.2) is 55.0 Å². The summed E-state index contributed by atoms with van der Waals surface area (Å²) in [5.74, 6) is -0.710. The van der Waals surface area contributed by atoms with Crippen molar-refractivity contribution in [3.8, 4) is 5.69 Å². The van der Waals surface area contributed by atoms with Gasteiger partial charge in [0.15, 0.2) is 0 Å². The molecule has 2 aromatic heterocycles. The molecule has 26 heavy (non-hydrogen) atoms. The number of carbonyl (C=O) groups is 1. The molecule has 0 radical (unpaired) electrons. The summed E-state index contributed by atoms with van der Waals surface area (Å²) < 4.78 is 15.8. The van der Waals surface area contributed by atoms with E-state index in [0.717, 1.165) is 33.4 Å². The second-order valence-corrected chi connectivity index (χ2v) is 6.36. The summed E-state index contributed by atoms with van der Waals surface area (Å²) in [6.07, 6.45) is 5.46. The molecule has 0 fully saturated rings. The SMILES string of the molecule is O=C1CC(c2cc(F)ccc2-n2cccn2)c2cc3cn[nH]c3cc2N1. The maximum atomic E-state index is 14.1. The lowest BCUT2D eigenvalue weighted by Gasteiger charge is -2.27. The number of hydrogen-bond acceptors (Lipinski definition) is 3. The summed E-state index contributed by atoms with van der Waals surface area (Å²) in [7, 11) is 0. The summed E-state index contributed by atoms with van der Waals surface area (Å²) >= 11 is 0. The summed E-state index contributed by atoms with van der Waals surface area (Å²) in [6, 6.07) is 10.3. The third-order valence-electron chi connectivity index (χ3n) is 4.77. The van der Waals surface area contributed by atoms with E-state index in [1.54, 1.807) is 29.3 Å². The van der Waals surface area contributed by atoms with Crippen molar-refractivity contribution in [1.29, 1.82) is 0 Å². The van der Waals surface area contributed by atoms with E-state index in [-0.39, 0.29) is 24.1 Å². The van der Waals surface area contributed by atoms with E-state index in [4.69, 9.17) is 0 Å². The van der Waals surface area contributed by atoms with Gasteiger partial charge in [-0.25, -0.2) is 9.07 Å². The normalized spacial score (nSPS) is 16.5. The molecule has 128 valence electrons. The molecule has 5 rings (SSSR count). The highest BCUT2D eigenvalue weighted by atomic mass is 19.1. The van der Waals surface area contributed by atoms with Crippen LogP contribution >= 0.6 is 0 Å². The average Bonchev–Trinajstić information content (AvgIpc) is 3.30. The largest absolute Gasteiger partial charge is 0.326 e. The van der Waals surface area contributed by atoms with Crippen LogP contribution in [0.1, 0.15) is 23.5 Å². The van der Waals surface area contributed by atoms with Crippen LogP contribution in [0.4, 0.5) is 10.1 Å². The number of aromatic amines is 1. The first-order valence-electron chi connectivity index (χ1n) is 8.25. The Balaban J connectivity index is 1.74. The van der Waals surface area contributed by atoms with Gasteiger partial charge in [0.2, 0.25) is 5.91 Å². The van der Waals surface area contributed by atoms with Crippen molar-refractivity contribution in [1.82, 2.24) is 20.0 Å². The first-order valence-corrected chi connectivity index (χ1v) is 8.25. The zero-order chi connectivity index (χ0) is 17.7. The van der Waals surface area contributed by atoms with Crippen LogP contribution in [-0.2, 0) is 4.79 Å². The molecule has 4 aromatic rings. The molecule has 1 atom stereocenters. The second-order valence-electron chi connectivity index (χ2n) is 6.36. The van der Waals surface area contributed by atoms with Crippen LogP contribution in [0.3, 0.4) is 0 Å². The van der Waals surface area contributed by atoms with Crippen molar-refractivity contribution < 1.29 is 9.18 Å². The number of nitrogens with one attached hydrogen (secondary N) is 2. The molecule has 3 heterocycles. The molecular formula is C19H14FN5O. The summed E-state index contributed by atoms with van der Waals surface area (Å²) in [5, 5.41) is 15.1. The van der Waals surface area contributed by atoms with Gasteiger partial charge in [-0.15, -0.1) is 0 Å². The Kier molecular flexibility index (Phi) is 3.15. The topological polar surface area (TPSA) is 75.6 Å². The zero-order valence-corrected chi connectivity index (χ0v) is 13.6. The fourth-order valence-electron chi connectivity index (χ4n) is 3.60. The highest BCUT2D eigenvalue weighted by Gasteiger charge is 2.29. The number of amides is 1. The van der Waals surface area contributed by atoms with Gasteiger partial charge in [-0.2, -0.15) is 10.2 Å². The summed E-state index contributed by atoms with van der Waals surface area (Å²) in [5.41, 5.74) is 3.99. The molecule has 0 saturated carbocycles. The first-order chi connectivity index (χ1) is 12.7. The predicted molar refractivity (Wildman–Crippen MR) is 94.7 cm³/mol. The van der Waals surface area contributed by atoms with Gasteiger partial charge in [0, 0.05) is 35.8 Å². The standard InChI is InChI=1S/C19H14FN5O/c20-12-2-3-18(25-5-1-4-22-25)15(7-12)13-8-19(26)23-17-9-16-11(6-14(13)17)10-21-24-16/h1-7,9-10,13H,8H2,(H,21,24)(H,23,26). The molecule has 7 heteroatoms. The Bertz CT molecular complexity index is 1130. The number of benzene rings is 2. The number of carbonyl (C=O) groups excluding carboxylic acids is 1. The van der Waals surface area contributed by atoms with Crippen molar-refractivity contribution in [2.24, 2.45) is 0 Å². The van der Waals surface area contributed by atoms with Gasteiger partial charge < -0.3 is 5.32 Å². The Morgan fingerprint density at radius 1 is 1.19 bits per heavy atom. The summed E-state index contributed by atoms with van der Waals surface area (Å²) in [6.45, 7) is 0. The Morgan fingerprint density at radius 2 is 2.12 bits per heavy atom. The monoisotopic (exact) mass is 347 g/mol. The molecule has 0 bridgehead atoms. The van der Waals surface area contributed by atoms with E-state index in [1.807, 2.05) is 18.2 Å². The van der Waals surface area contributed by atoms with Gasteiger partial charge in [0.1, 0.15) is 5.82 Å². The number of H-pyrrole nitrogens is 1. The van der Waals surface area contributed by atoms with E-state index in [1.165, 1.54) is 12.1 Å². The maximum Gasteiger partial charge on any atom is 0.225 e. The van der Waals surface area contributed by atoms with Crippen molar-refractivity contribution in [3.05, 3.63) is 71.9 Å². The highest BCUT2D eigenvalue weighted by Crippen LogP contribution is 2.41. The number of anilines is 1. The minimum absolute atomic E-state index is 0.1000. The minimum Gasteiger partial charge on any atom is -0.326 e.